The van der Waals surface area contributed by atoms with Crippen molar-refractivity contribution in [3.05, 3.63) is 34.3 Å². The van der Waals surface area contributed by atoms with Gasteiger partial charge in [-0.25, -0.2) is 0 Å². The molecule has 0 radical (unpaired) electrons. The van der Waals surface area contributed by atoms with Crippen LogP contribution in [0, 0.1) is 12.8 Å². The molecule has 5 heteroatoms. The molecule has 2 unspecified atom stereocenters. The zero-order chi connectivity index (χ0) is 14.2. The average molecular weight is 282 g/mol. The molecular weight excluding hydrogens is 266 g/mol. The summed E-state index contributed by atoms with van der Waals surface area (Å²) in [6.07, 6.45) is 0.509. The minimum absolute atomic E-state index is 0.129. The number of amides is 1. The zero-order valence-electron chi connectivity index (χ0n) is 10.9. The number of aryl methyl sites for hydroxylation is 1. The Balaban J connectivity index is 2.21. The Kier molecular flexibility index (Phi) is 3.80. The van der Waals surface area contributed by atoms with Crippen molar-refractivity contribution in [1.29, 1.82) is 0 Å². The fourth-order valence-electron chi connectivity index (χ4n) is 2.50. The fraction of sp³-hybridized carbons (Fsp3) is 0.429. The lowest BCUT2D eigenvalue weighted by molar-refractivity contribution is -0.142. The Morgan fingerprint density at radius 1 is 1.42 bits per heavy atom. The molecule has 0 bridgehead atoms. The molecule has 19 heavy (non-hydrogen) atoms. The van der Waals surface area contributed by atoms with Gasteiger partial charge in [-0.05, 0) is 44.0 Å². The summed E-state index contributed by atoms with van der Waals surface area (Å²) in [4.78, 5) is 25.1. The highest BCUT2D eigenvalue weighted by molar-refractivity contribution is 6.31. The van der Waals surface area contributed by atoms with Crippen LogP contribution < -0.4 is 0 Å². The lowest BCUT2D eigenvalue weighted by Crippen LogP contribution is -2.37. The number of carboxylic acid groups (broad SMARTS) is 1. The fourth-order valence-corrected chi connectivity index (χ4v) is 2.62. The van der Waals surface area contributed by atoms with Gasteiger partial charge in [0.25, 0.3) is 5.91 Å². The first-order valence-electron chi connectivity index (χ1n) is 6.21. The summed E-state index contributed by atoms with van der Waals surface area (Å²) in [7, 11) is 0. The van der Waals surface area contributed by atoms with Crippen LogP contribution in [0.25, 0.3) is 0 Å². The van der Waals surface area contributed by atoms with Gasteiger partial charge in [0, 0.05) is 23.2 Å². The second-order valence-corrected chi connectivity index (χ2v) is 5.34. The smallest absolute Gasteiger partial charge is 0.308 e. The summed E-state index contributed by atoms with van der Waals surface area (Å²) in [6, 6.07) is 4.84. The summed E-state index contributed by atoms with van der Waals surface area (Å²) in [5.74, 6) is -1.44. The molecule has 1 aromatic carbocycles. The van der Waals surface area contributed by atoms with E-state index >= 15 is 0 Å². The quantitative estimate of drug-likeness (QED) is 0.906. The number of carbonyl (C=O) groups is 2. The molecule has 1 heterocycles. The number of likely N-dealkylation sites (tertiary alicyclic amines) is 1. The zero-order valence-corrected chi connectivity index (χ0v) is 11.6. The SMILES string of the molecule is Cc1cc(C(=O)N2CCC(C(=O)O)C2C)ccc1Cl. The van der Waals surface area contributed by atoms with Crippen LogP contribution in [0.3, 0.4) is 0 Å². The van der Waals surface area contributed by atoms with E-state index in [0.717, 1.165) is 5.56 Å². The topological polar surface area (TPSA) is 57.6 Å². The third kappa shape index (κ3) is 2.59. The summed E-state index contributed by atoms with van der Waals surface area (Å²) < 4.78 is 0. The van der Waals surface area contributed by atoms with Crippen molar-refractivity contribution in [2.45, 2.75) is 26.3 Å². The number of aliphatic carboxylic acids is 1. The van der Waals surface area contributed by atoms with E-state index in [2.05, 4.69) is 0 Å². The number of hydrogen-bond acceptors (Lipinski definition) is 2. The summed E-state index contributed by atoms with van der Waals surface area (Å²) in [6.45, 7) is 4.11. The van der Waals surface area contributed by atoms with Gasteiger partial charge in [-0.2, -0.15) is 0 Å². The molecule has 1 aromatic rings. The van der Waals surface area contributed by atoms with Gasteiger partial charge in [0.1, 0.15) is 0 Å². The number of benzene rings is 1. The van der Waals surface area contributed by atoms with E-state index in [9.17, 15) is 9.59 Å². The van der Waals surface area contributed by atoms with Gasteiger partial charge in [-0.15, -0.1) is 0 Å². The van der Waals surface area contributed by atoms with E-state index in [1.54, 1.807) is 30.0 Å². The highest BCUT2D eigenvalue weighted by atomic mass is 35.5. The molecule has 0 spiro atoms. The largest absolute Gasteiger partial charge is 0.481 e. The van der Waals surface area contributed by atoms with Gasteiger partial charge in [0.15, 0.2) is 0 Å². The lowest BCUT2D eigenvalue weighted by Gasteiger charge is -2.23. The molecular formula is C14H16ClNO3. The van der Waals surface area contributed by atoms with Crippen LogP contribution in [0.5, 0.6) is 0 Å². The number of halogens is 1. The van der Waals surface area contributed by atoms with Crippen molar-refractivity contribution in [3.63, 3.8) is 0 Å². The third-order valence-corrected chi connectivity index (χ3v) is 4.16. The van der Waals surface area contributed by atoms with Gasteiger partial charge >= 0.3 is 5.97 Å². The van der Waals surface area contributed by atoms with E-state index in [1.165, 1.54) is 0 Å². The van der Waals surface area contributed by atoms with Crippen molar-refractivity contribution >= 4 is 23.5 Å². The van der Waals surface area contributed by atoms with Crippen molar-refractivity contribution in [1.82, 2.24) is 4.90 Å². The Morgan fingerprint density at radius 3 is 2.63 bits per heavy atom. The predicted octanol–water partition coefficient (Wildman–Crippen LogP) is 2.58. The number of carboxylic acids is 1. The van der Waals surface area contributed by atoms with E-state index in [0.29, 0.717) is 23.6 Å². The summed E-state index contributed by atoms with van der Waals surface area (Å²) in [5, 5.41) is 9.70. The molecule has 4 nitrogen and oxygen atoms in total. The Morgan fingerprint density at radius 2 is 2.11 bits per heavy atom. The van der Waals surface area contributed by atoms with Gasteiger partial charge in [-0.1, -0.05) is 11.6 Å². The molecule has 102 valence electrons. The minimum Gasteiger partial charge on any atom is -0.481 e. The van der Waals surface area contributed by atoms with Crippen molar-refractivity contribution < 1.29 is 14.7 Å². The predicted molar refractivity (Wildman–Crippen MR) is 72.4 cm³/mol. The summed E-state index contributed by atoms with van der Waals surface area (Å²) >= 11 is 5.94. The van der Waals surface area contributed by atoms with Gasteiger partial charge in [-0.3, -0.25) is 9.59 Å². The highest BCUT2D eigenvalue weighted by Crippen LogP contribution is 2.27. The van der Waals surface area contributed by atoms with Crippen LogP contribution in [0.2, 0.25) is 5.02 Å². The number of rotatable bonds is 2. The average Bonchev–Trinajstić information content (AvgIpc) is 2.74. The van der Waals surface area contributed by atoms with Crippen LogP contribution in [0.15, 0.2) is 18.2 Å². The Hall–Kier alpha value is -1.55. The molecule has 0 aliphatic carbocycles. The Labute approximate surface area is 117 Å². The van der Waals surface area contributed by atoms with E-state index in [-0.39, 0.29) is 11.9 Å². The molecule has 1 saturated heterocycles. The van der Waals surface area contributed by atoms with E-state index in [4.69, 9.17) is 16.7 Å². The highest BCUT2D eigenvalue weighted by Gasteiger charge is 2.38. The second kappa shape index (κ2) is 5.21. The van der Waals surface area contributed by atoms with Crippen LogP contribution in [0.4, 0.5) is 0 Å². The number of nitrogens with zero attached hydrogens (tertiary/aromatic N) is 1. The van der Waals surface area contributed by atoms with Crippen LogP contribution in [-0.2, 0) is 4.79 Å². The Bertz CT molecular complexity index is 529. The van der Waals surface area contributed by atoms with Crippen molar-refractivity contribution in [2.75, 3.05) is 6.54 Å². The van der Waals surface area contributed by atoms with Crippen molar-refractivity contribution in [2.24, 2.45) is 5.92 Å². The number of hydrogen-bond donors (Lipinski definition) is 1. The molecule has 0 aromatic heterocycles. The van der Waals surface area contributed by atoms with Crippen LogP contribution in [0.1, 0.15) is 29.3 Å². The monoisotopic (exact) mass is 281 g/mol. The molecule has 2 atom stereocenters. The summed E-state index contributed by atoms with van der Waals surface area (Å²) in [5.41, 5.74) is 1.40. The molecule has 1 N–H and O–H groups in total. The first-order valence-corrected chi connectivity index (χ1v) is 6.59. The maximum atomic E-state index is 12.4. The minimum atomic E-state index is -0.838. The second-order valence-electron chi connectivity index (χ2n) is 4.94. The molecule has 1 aliphatic rings. The van der Waals surface area contributed by atoms with E-state index < -0.39 is 11.9 Å². The third-order valence-electron chi connectivity index (χ3n) is 3.74. The maximum absolute atomic E-state index is 12.4. The molecule has 1 aliphatic heterocycles. The molecule has 0 saturated carbocycles. The normalized spacial score (nSPS) is 22.6. The number of carbonyl (C=O) groups excluding carboxylic acids is 1. The van der Waals surface area contributed by atoms with Crippen LogP contribution >= 0.6 is 11.6 Å². The van der Waals surface area contributed by atoms with Gasteiger partial charge in [0.05, 0.1) is 5.92 Å². The van der Waals surface area contributed by atoms with Crippen molar-refractivity contribution in [3.8, 4) is 0 Å². The first kappa shape index (κ1) is 13.9. The first-order chi connectivity index (χ1) is 8.91. The van der Waals surface area contributed by atoms with E-state index in [1.807, 2.05) is 6.92 Å². The van der Waals surface area contributed by atoms with Gasteiger partial charge in [0.2, 0.25) is 0 Å². The molecule has 1 fully saturated rings. The van der Waals surface area contributed by atoms with Gasteiger partial charge < -0.3 is 10.0 Å². The molecule has 2 rings (SSSR count). The lowest BCUT2D eigenvalue weighted by atomic mass is 10.0. The molecule has 1 amide bonds. The van der Waals surface area contributed by atoms with Crippen LogP contribution in [-0.4, -0.2) is 34.5 Å². The standard InChI is InChI=1S/C14H16ClNO3/c1-8-7-10(3-4-12(8)15)13(17)16-6-5-11(9(16)2)14(18)19/h3-4,7,9,11H,5-6H2,1-2H3,(H,18,19). The maximum Gasteiger partial charge on any atom is 0.308 e.